The monoisotopic (exact) mass is 380 g/mol. The van der Waals surface area contributed by atoms with Crippen LogP contribution in [0.1, 0.15) is 19.8 Å². The van der Waals surface area contributed by atoms with E-state index in [0.29, 0.717) is 11.0 Å². The van der Waals surface area contributed by atoms with Crippen molar-refractivity contribution in [3.63, 3.8) is 0 Å². The minimum atomic E-state index is -2.91. The van der Waals surface area contributed by atoms with Gasteiger partial charge in [0.15, 0.2) is 0 Å². The minimum absolute atomic E-state index is 0.276. The Bertz CT molecular complexity index is 958. The van der Waals surface area contributed by atoms with Crippen LogP contribution < -0.4 is 4.74 Å². The molecule has 0 spiro atoms. The molecule has 0 atom stereocenters. The van der Waals surface area contributed by atoms with Crippen LogP contribution in [0.3, 0.4) is 0 Å². The standard InChI is InChI=1S/C18H16F4N4O/c1-17(19,20)10-26-15-6-11(2-4-14(15)24-25-26)12-3-5-16(23-9-12)27-13-7-18(21,22)8-13/h2-6,9,13H,7-8,10H2,1H3. The second-order valence-electron chi connectivity index (χ2n) is 6.91. The topological polar surface area (TPSA) is 52.8 Å². The molecule has 27 heavy (non-hydrogen) atoms. The number of halogens is 4. The van der Waals surface area contributed by atoms with Crippen LogP contribution in [0.25, 0.3) is 22.2 Å². The lowest BCUT2D eigenvalue weighted by molar-refractivity contribution is -0.135. The van der Waals surface area contributed by atoms with Crippen molar-refractivity contribution in [3.05, 3.63) is 36.5 Å². The fourth-order valence-electron chi connectivity index (χ4n) is 3.01. The zero-order valence-corrected chi connectivity index (χ0v) is 14.4. The minimum Gasteiger partial charge on any atom is -0.474 e. The highest BCUT2D eigenvalue weighted by Gasteiger charge is 2.47. The van der Waals surface area contributed by atoms with Gasteiger partial charge in [0.05, 0.1) is 5.52 Å². The molecule has 4 rings (SSSR count). The normalized spacial score (nSPS) is 17.1. The van der Waals surface area contributed by atoms with Gasteiger partial charge in [-0.15, -0.1) is 5.10 Å². The van der Waals surface area contributed by atoms with Gasteiger partial charge in [0.25, 0.3) is 11.8 Å². The number of hydrogen-bond donors (Lipinski definition) is 0. The van der Waals surface area contributed by atoms with Gasteiger partial charge in [0.2, 0.25) is 5.88 Å². The summed E-state index contributed by atoms with van der Waals surface area (Å²) in [6, 6.07) is 8.54. The summed E-state index contributed by atoms with van der Waals surface area (Å²) < 4.78 is 58.9. The lowest BCUT2D eigenvalue weighted by atomic mass is 9.91. The number of rotatable bonds is 5. The van der Waals surface area contributed by atoms with Crippen molar-refractivity contribution < 1.29 is 22.3 Å². The first-order valence-corrected chi connectivity index (χ1v) is 8.41. The van der Waals surface area contributed by atoms with Gasteiger partial charge in [0.1, 0.15) is 18.2 Å². The van der Waals surface area contributed by atoms with Gasteiger partial charge in [-0.1, -0.05) is 11.3 Å². The summed E-state index contributed by atoms with van der Waals surface area (Å²) in [5, 5.41) is 7.67. The van der Waals surface area contributed by atoms with E-state index in [2.05, 4.69) is 15.3 Å². The molecule has 2 aromatic heterocycles. The first kappa shape index (κ1) is 17.7. The van der Waals surface area contributed by atoms with Crippen LogP contribution in [-0.4, -0.2) is 37.9 Å². The van der Waals surface area contributed by atoms with Gasteiger partial charge in [-0.2, -0.15) is 0 Å². The average molecular weight is 380 g/mol. The molecule has 5 nitrogen and oxygen atoms in total. The van der Waals surface area contributed by atoms with Crippen LogP contribution >= 0.6 is 0 Å². The molecular formula is C18H16F4N4O. The molecule has 0 amide bonds. The maximum Gasteiger partial charge on any atom is 0.264 e. The lowest BCUT2D eigenvalue weighted by Crippen LogP contribution is -2.43. The zero-order valence-electron chi connectivity index (χ0n) is 14.4. The van der Waals surface area contributed by atoms with Gasteiger partial charge in [0, 0.05) is 37.6 Å². The molecule has 0 saturated heterocycles. The van der Waals surface area contributed by atoms with Gasteiger partial charge in [-0.05, 0) is 23.8 Å². The Hall–Kier alpha value is -2.71. The van der Waals surface area contributed by atoms with Crippen molar-refractivity contribution in [2.45, 2.75) is 44.3 Å². The molecule has 142 valence electrons. The molecule has 0 N–H and O–H groups in total. The molecule has 2 heterocycles. The summed E-state index contributed by atoms with van der Waals surface area (Å²) in [7, 11) is 0. The highest BCUT2D eigenvalue weighted by molar-refractivity contribution is 5.81. The zero-order chi connectivity index (χ0) is 19.2. The van der Waals surface area contributed by atoms with Crippen molar-refractivity contribution in [1.29, 1.82) is 0 Å². The molecule has 1 aliphatic carbocycles. The van der Waals surface area contributed by atoms with Gasteiger partial charge in [-0.25, -0.2) is 27.2 Å². The van der Waals surface area contributed by atoms with E-state index in [1.54, 1.807) is 36.5 Å². The molecule has 0 radical (unpaired) electrons. The van der Waals surface area contributed by atoms with Crippen LogP contribution in [0.15, 0.2) is 36.5 Å². The molecule has 1 aromatic carbocycles. The summed E-state index contributed by atoms with van der Waals surface area (Å²) in [6.07, 6.45) is 0.430. The fraction of sp³-hybridized carbons (Fsp3) is 0.389. The number of ether oxygens (including phenoxy) is 1. The predicted molar refractivity (Wildman–Crippen MR) is 90.0 cm³/mol. The fourth-order valence-corrected chi connectivity index (χ4v) is 3.01. The molecule has 3 aromatic rings. The van der Waals surface area contributed by atoms with Gasteiger partial charge < -0.3 is 4.74 Å². The van der Waals surface area contributed by atoms with Crippen LogP contribution in [0.4, 0.5) is 17.6 Å². The summed E-state index contributed by atoms with van der Waals surface area (Å²) in [5.74, 6) is -5.28. The van der Waals surface area contributed by atoms with Crippen molar-refractivity contribution >= 4 is 11.0 Å². The van der Waals surface area contributed by atoms with Crippen molar-refractivity contribution in [2.75, 3.05) is 0 Å². The summed E-state index contributed by atoms with van der Waals surface area (Å²) in [4.78, 5) is 4.15. The van der Waals surface area contributed by atoms with Crippen LogP contribution in [0, 0.1) is 0 Å². The number of aromatic nitrogens is 4. The Morgan fingerprint density at radius 2 is 1.93 bits per heavy atom. The van der Waals surface area contributed by atoms with E-state index in [4.69, 9.17) is 4.74 Å². The van der Waals surface area contributed by atoms with Crippen molar-refractivity contribution in [2.24, 2.45) is 0 Å². The van der Waals surface area contributed by atoms with E-state index in [9.17, 15) is 17.6 Å². The summed E-state index contributed by atoms with van der Waals surface area (Å²) >= 11 is 0. The van der Waals surface area contributed by atoms with Crippen LogP contribution in [-0.2, 0) is 6.54 Å². The Kier molecular flexibility index (Phi) is 4.05. The number of nitrogens with zero attached hydrogens (tertiary/aromatic N) is 4. The SMILES string of the molecule is CC(F)(F)Cn1nnc2ccc(-c3ccc(OC4CC(F)(F)C4)nc3)cc21. The van der Waals surface area contributed by atoms with E-state index < -0.39 is 24.5 Å². The Labute approximate surface area is 152 Å². The molecule has 1 saturated carbocycles. The van der Waals surface area contributed by atoms with Crippen LogP contribution in [0.2, 0.25) is 0 Å². The van der Waals surface area contributed by atoms with Gasteiger partial charge >= 0.3 is 0 Å². The van der Waals surface area contributed by atoms with E-state index in [0.717, 1.165) is 18.1 Å². The third-order valence-electron chi connectivity index (χ3n) is 4.35. The summed E-state index contributed by atoms with van der Waals surface area (Å²) in [5.41, 5.74) is 2.49. The number of benzene rings is 1. The number of hydrogen-bond acceptors (Lipinski definition) is 4. The molecular weight excluding hydrogens is 364 g/mol. The molecule has 9 heteroatoms. The molecule has 1 fully saturated rings. The Morgan fingerprint density at radius 3 is 2.56 bits per heavy atom. The number of alkyl halides is 4. The number of pyridine rings is 1. The summed E-state index contributed by atoms with van der Waals surface area (Å²) in [6.45, 7) is 0.259. The van der Waals surface area contributed by atoms with Crippen molar-refractivity contribution in [1.82, 2.24) is 20.0 Å². The largest absolute Gasteiger partial charge is 0.474 e. The van der Waals surface area contributed by atoms with E-state index >= 15 is 0 Å². The Balaban J connectivity index is 1.54. The highest BCUT2D eigenvalue weighted by atomic mass is 19.3. The first-order valence-electron chi connectivity index (χ1n) is 8.41. The molecule has 0 aliphatic heterocycles. The average Bonchev–Trinajstić information content (AvgIpc) is 2.94. The molecule has 0 bridgehead atoms. The predicted octanol–water partition coefficient (Wildman–Crippen LogP) is 4.33. The van der Waals surface area contributed by atoms with E-state index in [1.165, 1.54) is 4.68 Å². The van der Waals surface area contributed by atoms with Gasteiger partial charge in [-0.3, -0.25) is 0 Å². The number of fused-ring (bicyclic) bond motifs is 1. The third kappa shape index (κ3) is 3.86. The molecule has 0 unspecified atom stereocenters. The second-order valence-corrected chi connectivity index (χ2v) is 6.91. The highest BCUT2D eigenvalue weighted by Crippen LogP contribution is 2.39. The lowest BCUT2D eigenvalue weighted by Gasteiger charge is -2.34. The smallest absolute Gasteiger partial charge is 0.264 e. The Morgan fingerprint density at radius 1 is 1.19 bits per heavy atom. The maximum atomic E-state index is 13.3. The van der Waals surface area contributed by atoms with E-state index in [1.807, 2.05) is 0 Å². The second kappa shape index (κ2) is 6.17. The molecule has 1 aliphatic rings. The van der Waals surface area contributed by atoms with Crippen LogP contribution in [0.5, 0.6) is 5.88 Å². The third-order valence-corrected chi connectivity index (χ3v) is 4.35. The first-order chi connectivity index (χ1) is 12.7. The van der Waals surface area contributed by atoms with E-state index in [-0.39, 0.29) is 18.7 Å². The van der Waals surface area contributed by atoms with Crippen molar-refractivity contribution in [3.8, 4) is 17.0 Å². The maximum absolute atomic E-state index is 13.3. The quantitative estimate of drug-likeness (QED) is 0.619.